The van der Waals surface area contributed by atoms with Crippen molar-refractivity contribution < 1.29 is 9.84 Å². The number of rotatable bonds is 4. The molecule has 0 bridgehead atoms. The summed E-state index contributed by atoms with van der Waals surface area (Å²) in [7, 11) is 1.67. The Balaban J connectivity index is 2.36. The average molecular weight is 284 g/mol. The highest BCUT2D eigenvalue weighted by molar-refractivity contribution is 5.40. The van der Waals surface area contributed by atoms with Crippen LogP contribution in [0.2, 0.25) is 0 Å². The van der Waals surface area contributed by atoms with Gasteiger partial charge in [0.2, 0.25) is 0 Å². The van der Waals surface area contributed by atoms with Gasteiger partial charge in [-0.2, -0.15) is 0 Å². The largest absolute Gasteiger partial charge is 0.496 e. The second-order valence-electron chi connectivity index (χ2n) is 6.06. The van der Waals surface area contributed by atoms with Crippen LogP contribution in [-0.2, 0) is 12.0 Å². The highest BCUT2D eigenvalue weighted by Gasteiger charge is 2.25. The van der Waals surface area contributed by atoms with Crippen LogP contribution in [0.15, 0.2) is 36.4 Å². The molecule has 0 heterocycles. The minimum Gasteiger partial charge on any atom is -0.496 e. The quantitative estimate of drug-likeness (QED) is 0.917. The molecule has 0 fully saturated rings. The van der Waals surface area contributed by atoms with Crippen molar-refractivity contribution in [3.05, 3.63) is 64.2 Å². The molecule has 1 N–H and O–H groups in total. The lowest BCUT2D eigenvalue weighted by Gasteiger charge is -2.26. The fraction of sp³-hybridized carbons (Fsp3) is 0.368. The third-order valence-corrected chi connectivity index (χ3v) is 4.10. The molecular formula is C19H24O2. The first-order valence-electron chi connectivity index (χ1n) is 7.27. The minimum atomic E-state index is -0.917. The predicted octanol–water partition coefficient (Wildman–Crippen LogP) is 4.07. The van der Waals surface area contributed by atoms with Crippen LogP contribution in [0.5, 0.6) is 5.75 Å². The topological polar surface area (TPSA) is 29.5 Å². The molecule has 1 unspecified atom stereocenters. The zero-order valence-corrected chi connectivity index (χ0v) is 13.5. The van der Waals surface area contributed by atoms with Gasteiger partial charge in [0.1, 0.15) is 5.75 Å². The number of aliphatic hydroxyl groups is 1. The Morgan fingerprint density at radius 3 is 2.33 bits per heavy atom. The first kappa shape index (κ1) is 15.6. The van der Waals surface area contributed by atoms with Gasteiger partial charge >= 0.3 is 0 Å². The van der Waals surface area contributed by atoms with Crippen LogP contribution in [0, 0.1) is 20.8 Å². The smallest absolute Gasteiger partial charge is 0.122 e. The van der Waals surface area contributed by atoms with Crippen molar-refractivity contribution >= 4 is 0 Å². The molecule has 0 radical (unpaired) electrons. The first-order valence-corrected chi connectivity index (χ1v) is 7.27. The summed E-state index contributed by atoms with van der Waals surface area (Å²) < 4.78 is 5.41. The van der Waals surface area contributed by atoms with E-state index in [1.54, 1.807) is 7.11 Å². The number of hydrogen-bond donors (Lipinski definition) is 1. The summed E-state index contributed by atoms with van der Waals surface area (Å²) >= 11 is 0. The van der Waals surface area contributed by atoms with E-state index >= 15 is 0 Å². The van der Waals surface area contributed by atoms with Crippen molar-refractivity contribution in [1.29, 1.82) is 0 Å². The molecule has 0 aliphatic rings. The number of hydrogen-bond acceptors (Lipinski definition) is 2. The third-order valence-electron chi connectivity index (χ3n) is 4.10. The molecule has 21 heavy (non-hydrogen) atoms. The van der Waals surface area contributed by atoms with Crippen LogP contribution >= 0.6 is 0 Å². The number of benzene rings is 2. The Hall–Kier alpha value is -1.80. The molecule has 2 aromatic rings. The van der Waals surface area contributed by atoms with E-state index in [4.69, 9.17) is 4.74 Å². The molecule has 112 valence electrons. The highest BCUT2D eigenvalue weighted by Crippen LogP contribution is 2.31. The lowest BCUT2D eigenvalue weighted by atomic mass is 9.87. The number of methoxy groups -OCH3 is 1. The second-order valence-corrected chi connectivity index (χ2v) is 6.06. The maximum absolute atomic E-state index is 10.9. The summed E-state index contributed by atoms with van der Waals surface area (Å²) in [6, 6.07) is 12.2. The van der Waals surface area contributed by atoms with Crippen LogP contribution in [0.25, 0.3) is 0 Å². The molecule has 0 amide bonds. The van der Waals surface area contributed by atoms with Crippen molar-refractivity contribution in [1.82, 2.24) is 0 Å². The monoisotopic (exact) mass is 284 g/mol. The molecule has 0 spiro atoms. The fourth-order valence-electron chi connectivity index (χ4n) is 2.59. The minimum absolute atomic E-state index is 0.528. The summed E-state index contributed by atoms with van der Waals surface area (Å²) in [5, 5.41) is 10.9. The Labute approximate surface area is 127 Å². The van der Waals surface area contributed by atoms with Crippen molar-refractivity contribution in [2.45, 2.75) is 39.7 Å². The van der Waals surface area contributed by atoms with Crippen molar-refractivity contribution in [2.24, 2.45) is 0 Å². The Kier molecular flexibility index (Phi) is 4.38. The SMILES string of the molecule is COc1ccc(C)cc1CC(C)(O)c1ccc(C)c(C)c1. The van der Waals surface area contributed by atoms with Crippen LogP contribution < -0.4 is 4.74 Å². The molecule has 2 heteroatoms. The number of ether oxygens (including phenoxy) is 1. The lowest BCUT2D eigenvalue weighted by molar-refractivity contribution is 0.0569. The van der Waals surface area contributed by atoms with E-state index in [1.165, 1.54) is 16.7 Å². The zero-order valence-electron chi connectivity index (χ0n) is 13.5. The summed E-state index contributed by atoms with van der Waals surface area (Å²) in [5.74, 6) is 0.824. The van der Waals surface area contributed by atoms with Gasteiger partial charge in [-0.15, -0.1) is 0 Å². The maximum Gasteiger partial charge on any atom is 0.122 e. The van der Waals surface area contributed by atoms with Crippen LogP contribution in [0.1, 0.15) is 34.7 Å². The first-order chi connectivity index (χ1) is 9.83. The van der Waals surface area contributed by atoms with E-state index in [-0.39, 0.29) is 0 Å². The summed E-state index contributed by atoms with van der Waals surface area (Å²) in [5.41, 5.74) is 4.66. The molecular weight excluding hydrogens is 260 g/mol. The van der Waals surface area contributed by atoms with Gasteiger partial charge in [0.25, 0.3) is 0 Å². The predicted molar refractivity (Wildman–Crippen MR) is 86.9 cm³/mol. The van der Waals surface area contributed by atoms with Gasteiger partial charge in [0, 0.05) is 6.42 Å². The van der Waals surface area contributed by atoms with Gasteiger partial charge in [-0.3, -0.25) is 0 Å². The van der Waals surface area contributed by atoms with Gasteiger partial charge < -0.3 is 9.84 Å². The second kappa shape index (κ2) is 5.90. The van der Waals surface area contributed by atoms with Crippen molar-refractivity contribution in [2.75, 3.05) is 7.11 Å². The third kappa shape index (κ3) is 3.45. The van der Waals surface area contributed by atoms with Crippen molar-refractivity contribution in [3.8, 4) is 5.75 Å². The molecule has 0 aromatic heterocycles. The van der Waals surface area contributed by atoms with E-state index in [0.717, 1.165) is 16.9 Å². The maximum atomic E-state index is 10.9. The molecule has 2 rings (SSSR count). The van der Waals surface area contributed by atoms with Gasteiger partial charge in [-0.25, -0.2) is 0 Å². The Morgan fingerprint density at radius 2 is 1.71 bits per heavy atom. The number of aryl methyl sites for hydroxylation is 3. The van der Waals surface area contributed by atoms with Crippen LogP contribution in [0.4, 0.5) is 0 Å². The van der Waals surface area contributed by atoms with Crippen LogP contribution in [-0.4, -0.2) is 12.2 Å². The summed E-state index contributed by atoms with van der Waals surface area (Å²) in [4.78, 5) is 0. The standard InChI is InChI=1S/C19H24O2/c1-13-6-9-18(21-5)16(10-13)12-19(4,20)17-8-7-14(2)15(3)11-17/h6-11,20H,12H2,1-5H3. The van der Waals surface area contributed by atoms with Gasteiger partial charge in [0.05, 0.1) is 12.7 Å². The van der Waals surface area contributed by atoms with E-state index in [9.17, 15) is 5.11 Å². The zero-order chi connectivity index (χ0) is 15.6. The molecule has 2 nitrogen and oxygen atoms in total. The highest BCUT2D eigenvalue weighted by atomic mass is 16.5. The van der Waals surface area contributed by atoms with Crippen molar-refractivity contribution in [3.63, 3.8) is 0 Å². The van der Waals surface area contributed by atoms with E-state index in [0.29, 0.717) is 6.42 Å². The molecule has 0 saturated heterocycles. The normalized spacial score (nSPS) is 13.8. The Morgan fingerprint density at radius 1 is 1.00 bits per heavy atom. The summed E-state index contributed by atoms with van der Waals surface area (Å²) in [6.45, 7) is 8.06. The van der Waals surface area contributed by atoms with Gasteiger partial charge in [-0.1, -0.05) is 35.9 Å². The van der Waals surface area contributed by atoms with Crippen LogP contribution in [0.3, 0.4) is 0 Å². The van der Waals surface area contributed by atoms with Gasteiger partial charge in [0.15, 0.2) is 0 Å². The van der Waals surface area contributed by atoms with E-state index < -0.39 is 5.60 Å². The molecule has 1 atom stereocenters. The molecule has 0 aliphatic heterocycles. The molecule has 0 saturated carbocycles. The Bertz CT molecular complexity index is 642. The van der Waals surface area contributed by atoms with Gasteiger partial charge in [-0.05, 0) is 56.0 Å². The average Bonchev–Trinajstić information content (AvgIpc) is 2.41. The summed E-state index contributed by atoms with van der Waals surface area (Å²) in [6.07, 6.45) is 0.528. The fourth-order valence-corrected chi connectivity index (χ4v) is 2.59. The molecule has 2 aromatic carbocycles. The van der Waals surface area contributed by atoms with E-state index in [2.05, 4.69) is 32.0 Å². The molecule has 0 aliphatic carbocycles. The van der Waals surface area contributed by atoms with E-state index in [1.807, 2.05) is 32.0 Å². The lowest BCUT2D eigenvalue weighted by Crippen LogP contribution is -2.24.